The van der Waals surface area contributed by atoms with Crippen LogP contribution in [0.3, 0.4) is 0 Å². The predicted molar refractivity (Wildman–Crippen MR) is 53.3 cm³/mol. The van der Waals surface area contributed by atoms with Crippen molar-refractivity contribution in [1.29, 1.82) is 0 Å². The summed E-state index contributed by atoms with van der Waals surface area (Å²) in [5.74, 6) is -0.961. The number of alkyl halides is 3. The lowest BCUT2D eigenvalue weighted by Crippen LogP contribution is -2.52. The molecule has 0 aromatic heterocycles. The molecule has 1 atom stereocenters. The Bertz CT molecular complexity index is 286. The van der Waals surface area contributed by atoms with Crippen molar-refractivity contribution in [3.63, 3.8) is 0 Å². The van der Waals surface area contributed by atoms with E-state index in [1.54, 1.807) is 13.8 Å². The van der Waals surface area contributed by atoms with Gasteiger partial charge in [-0.15, -0.1) is 0 Å². The first kappa shape index (κ1) is 13.3. The zero-order valence-electron chi connectivity index (χ0n) is 9.85. The molecule has 0 spiro atoms. The molecule has 0 saturated carbocycles. The summed E-state index contributed by atoms with van der Waals surface area (Å²) >= 11 is 0. The lowest BCUT2D eigenvalue weighted by atomic mass is 9.93. The maximum atomic E-state index is 12.8. The van der Waals surface area contributed by atoms with Gasteiger partial charge in [-0.25, -0.2) is 5.01 Å². The standard InChI is InChI=1S/C10H17F3N2O/c1-6(2)7(10(11,12)13)15-5-9(3,4)8(16)14-15/h6-7H,5H2,1-4H3,(H,14,16)/t7-/m0/s1. The average molecular weight is 238 g/mol. The van der Waals surface area contributed by atoms with Gasteiger partial charge >= 0.3 is 6.18 Å². The molecule has 1 saturated heterocycles. The fourth-order valence-electron chi connectivity index (χ4n) is 1.90. The smallest absolute Gasteiger partial charge is 0.288 e. The van der Waals surface area contributed by atoms with E-state index >= 15 is 0 Å². The largest absolute Gasteiger partial charge is 0.406 e. The van der Waals surface area contributed by atoms with Crippen LogP contribution in [0, 0.1) is 11.3 Å². The maximum absolute atomic E-state index is 12.8. The van der Waals surface area contributed by atoms with Crippen LogP contribution in [0.15, 0.2) is 0 Å². The number of hydrazine groups is 1. The fourth-order valence-corrected chi connectivity index (χ4v) is 1.90. The summed E-state index contributed by atoms with van der Waals surface area (Å²) in [5.41, 5.74) is 1.54. The van der Waals surface area contributed by atoms with E-state index in [1.165, 1.54) is 13.8 Å². The van der Waals surface area contributed by atoms with E-state index in [0.29, 0.717) is 0 Å². The molecule has 16 heavy (non-hydrogen) atoms. The van der Waals surface area contributed by atoms with E-state index < -0.39 is 23.6 Å². The van der Waals surface area contributed by atoms with Crippen LogP contribution in [-0.4, -0.2) is 29.7 Å². The third-order valence-corrected chi connectivity index (χ3v) is 2.73. The Hall–Kier alpha value is -0.780. The molecule has 1 amide bonds. The number of rotatable bonds is 2. The Morgan fingerprint density at radius 2 is 1.88 bits per heavy atom. The Labute approximate surface area is 93.0 Å². The van der Waals surface area contributed by atoms with E-state index in [2.05, 4.69) is 5.43 Å². The van der Waals surface area contributed by atoms with Crippen LogP contribution in [0.25, 0.3) is 0 Å². The Balaban J connectivity index is 2.88. The number of amides is 1. The lowest BCUT2D eigenvalue weighted by Gasteiger charge is -2.32. The van der Waals surface area contributed by atoms with Gasteiger partial charge in [0.1, 0.15) is 6.04 Å². The van der Waals surface area contributed by atoms with Gasteiger partial charge in [0, 0.05) is 6.54 Å². The number of hydrogen-bond donors (Lipinski definition) is 1. The van der Waals surface area contributed by atoms with Gasteiger partial charge in [-0.1, -0.05) is 13.8 Å². The molecule has 0 bridgehead atoms. The first-order chi connectivity index (χ1) is 7.05. The Morgan fingerprint density at radius 1 is 1.38 bits per heavy atom. The molecule has 3 nitrogen and oxygen atoms in total. The van der Waals surface area contributed by atoms with E-state index in [1.807, 2.05) is 0 Å². The second-order valence-electron chi connectivity index (χ2n) is 5.18. The number of nitrogens with one attached hydrogen (secondary N) is 1. The third-order valence-electron chi connectivity index (χ3n) is 2.73. The summed E-state index contributed by atoms with van der Waals surface area (Å²) in [6, 6.07) is -1.63. The zero-order valence-corrected chi connectivity index (χ0v) is 9.85. The van der Waals surface area contributed by atoms with Crippen LogP contribution >= 0.6 is 0 Å². The van der Waals surface area contributed by atoms with Gasteiger partial charge in [-0.05, 0) is 19.8 Å². The molecule has 94 valence electrons. The van der Waals surface area contributed by atoms with Gasteiger partial charge in [0.2, 0.25) is 5.91 Å². The van der Waals surface area contributed by atoms with E-state index in [9.17, 15) is 18.0 Å². The normalized spacial score (nSPS) is 23.6. The van der Waals surface area contributed by atoms with Gasteiger partial charge in [0.05, 0.1) is 5.41 Å². The highest BCUT2D eigenvalue weighted by atomic mass is 19.4. The summed E-state index contributed by atoms with van der Waals surface area (Å²) in [6.45, 7) is 6.34. The molecule has 1 heterocycles. The van der Waals surface area contributed by atoms with Crippen LogP contribution < -0.4 is 5.43 Å². The van der Waals surface area contributed by atoms with Gasteiger partial charge in [0.25, 0.3) is 0 Å². The van der Waals surface area contributed by atoms with Crippen molar-refractivity contribution in [2.75, 3.05) is 6.54 Å². The highest BCUT2D eigenvalue weighted by molar-refractivity contribution is 5.83. The van der Waals surface area contributed by atoms with Crippen molar-refractivity contribution < 1.29 is 18.0 Å². The molecule has 0 aromatic carbocycles. The number of nitrogens with zero attached hydrogens (tertiary/aromatic N) is 1. The van der Waals surface area contributed by atoms with Crippen LogP contribution in [0.2, 0.25) is 0 Å². The quantitative estimate of drug-likeness (QED) is 0.797. The van der Waals surface area contributed by atoms with Crippen LogP contribution in [-0.2, 0) is 4.79 Å². The molecule has 1 rings (SSSR count). The molecular formula is C10H17F3N2O. The van der Waals surface area contributed by atoms with E-state index in [0.717, 1.165) is 5.01 Å². The second kappa shape index (κ2) is 3.91. The minimum absolute atomic E-state index is 0.0776. The van der Waals surface area contributed by atoms with Crippen molar-refractivity contribution in [1.82, 2.24) is 10.4 Å². The molecule has 0 unspecified atom stereocenters. The first-order valence-electron chi connectivity index (χ1n) is 5.20. The molecule has 1 fully saturated rings. The molecule has 6 heteroatoms. The number of halogens is 3. The number of carbonyl (C=O) groups excluding carboxylic acids is 1. The summed E-state index contributed by atoms with van der Waals surface area (Å²) in [4.78, 5) is 11.4. The average Bonchev–Trinajstić information content (AvgIpc) is 2.21. The SMILES string of the molecule is CC(C)[C@H](N1CC(C)(C)C(=O)N1)C(F)(F)F. The van der Waals surface area contributed by atoms with E-state index in [-0.39, 0.29) is 12.5 Å². The summed E-state index contributed by atoms with van der Waals surface area (Å²) < 4.78 is 38.4. The van der Waals surface area contributed by atoms with Crippen molar-refractivity contribution in [2.45, 2.75) is 39.9 Å². The summed E-state index contributed by atoms with van der Waals surface area (Å²) in [6.07, 6.45) is -4.33. The fraction of sp³-hybridized carbons (Fsp3) is 0.900. The minimum Gasteiger partial charge on any atom is -0.288 e. The predicted octanol–water partition coefficient (Wildman–Crippen LogP) is 1.95. The van der Waals surface area contributed by atoms with Gasteiger partial charge in [0.15, 0.2) is 0 Å². The minimum atomic E-state index is -4.33. The molecule has 0 aromatic rings. The van der Waals surface area contributed by atoms with Gasteiger partial charge in [-0.2, -0.15) is 13.2 Å². The van der Waals surface area contributed by atoms with Crippen molar-refractivity contribution in [2.24, 2.45) is 11.3 Å². The topological polar surface area (TPSA) is 32.3 Å². The van der Waals surface area contributed by atoms with Crippen molar-refractivity contribution in [3.05, 3.63) is 0 Å². The monoisotopic (exact) mass is 238 g/mol. The molecular weight excluding hydrogens is 221 g/mol. The molecule has 1 aliphatic rings. The van der Waals surface area contributed by atoms with Crippen LogP contribution in [0.1, 0.15) is 27.7 Å². The molecule has 0 radical (unpaired) electrons. The van der Waals surface area contributed by atoms with Gasteiger partial charge < -0.3 is 0 Å². The lowest BCUT2D eigenvalue weighted by molar-refractivity contribution is -0.199. The highest BCUT2D eigenvalue weighted by Gasteiger charge is 2.51. The highest BCUT2D eigenvalue weighted by Crippen LogP contribution is 2.34. The van der Waals surface area contributed by atoms with Crippen molar-refractivity contribution in [3.8, 4) is 0 Å². The van der Waals surface area contributed by atoms with Crippen LogP contribution in [0.4, 0.5) is 13.2 Å². The molecule has 0 aliphatic carbocycles. The third kappa shape index (κ3) is 2.48. The first-order valence-corrected chi connectivity index (χ1v) is 5.20. The molecule has 1 aliphatic heterocycles. The second-order valence-corrected chi connectivity index (χ2v) is 5.18. The maximum Gasteiger partial charge on any atom is 0.406 e. The Kier molecular flexibility index (Phi) is 3.24. The molecule has 1 N–H and O–H groups in total. The van der Waals surface area contributed by atoms with Crippen LogP contribution in [0.5, 0.6) is 0 Å². The van der Waals surface area contributed by atoms with Gasteiger partial charge in [-0.3, -0.25) is 10.2 Å². The van der Waals surface area contributed by atoms with E-state index in [4.69, 9.17) is 0 Å². The summed E-state index contributed by atoms with van der Waals surface area (Å²) in [5, 5.41) is 1.01. The Morgan fingerprint density at radius 3 is 2.12 bits per heavy atom. The number of carbonyl (C=O) groups is 1. The number of hydrogen-bond acceptors (Lipinski definition) is 2. The zero-order chi connectivity index (χ0) is 12.7. The van der Waals surface area contributed by atoms with Crippen molar-refractivity contribution >= 4 is 5.91 Å². The summed E-state index contributed by atoms with van der Waals surface area (Å²) in [7, 11) is 0.